The van der Waals surface area contributed by atoms with E-state index >= 15 is 0 Å². The third-order valence-electron chi connectivity index (χ3n) is 5.17. The monoisotopic (exact) mass is 272 g/mol. The standard InChI is InChI=1S/C18H28N2/c19-17(13-15-7-2-1-3-8-15)14-20-12-6-11-18(20)16-9-4-5-10-16/h1-3,7-8,16-18H,4-6,9-14,19H2. The molecular formula is C18H28N2. The second kappa shape index (κ2) is 6.73. The topological polar surface area (TPSA) is 29.3 Å². The Kier molecular flexibility index (Phi) is 4.74. The van der Waals surface area contributed by atoms with Gasteiger partial charge in [-0.15, -0.1) is 0 Å². The highest BCUT2D eigenvalue weighted by Crippen LogP contribution is 2.35. The van der Waals surface area contributed by atoms with Gasteiger partial charge in [0.25, 0.3) is 0 Å². The lowest BCUT2D eigenvalue weighted by atomic mass is 9.95. The van der Waals surface area contributed by atoms with Crippen molar-refractivity contribution in [2.24, 2.45) is 11.7 Å². The highest BCUT2D eigenvalue weighted by molar-refractivity contribution is 5.15. The van der Waals surface area contributed by atoms with E-state index in [0.717, 1.165) is 24.9 Å². The number of nitrogens with two attached hydrogens (primary N) is 1. The van der Waals surface area contributed by atoms with Crippen LogP contribution in [-0.2, 0) is 6.42 Å². The molecule has 0 spiro atoms. The fourth-order valence-corrected chi connectivity index (χ4v) is 4.24. The molecule has 0 aromatic heterocycles. The molecule has 0 amide bonds. The van der Waals surface area contributed by atoms with Gasteiger partial charge in [-0.05, 0) is 50.1 Å². The molecule has 20 heavy (non-hydrogen) atoms. The Morgan fingerprint density at radius 1 is 1.05 bits per heavy atom. The minimum absolute atomic E-state index is 0.277. The lowest BCUT2D eigenvalue weighted by Crippen LogP contribution is -2.43. The molecule has 1 saturated carbocycles. The predicted molar refractivity (Wildman–Crippen MR) is 84.7 cm³/mol. The van der Waals surface area contributed by atoms with Crippen molar-refractivity contribution in [1.29, 1.82) is 0 Å². The van der Waals surface area contributed by atoms with Gasteiger partial charge in [0.15, 0.2) is 0 Å². The van der Waals surface area contributed by atoms with Gasteiger partial charge in [0, 0.05) is 18.6 Å². The summed E-state index contributed by atoms with van der Waals surface area (Å²) in [7, 11) is 0. The summed E-state index contributed by atoms with van der Waals surface area (Å²) in [5.74, 6) is 0.960. The summed E-state index contributed by atoms with van der Waals surface area (Å²) >= 11 is 0. The van der Waals surface area contributed by atoms with Gasteiger partial charge in [0.1, 0.15) is 0 Å². The molecule has 110 valence electrons. The van der Waals surface area contributed by atoms with E-state index in [4.69, 9.17) is 5.73 Å². The third-order valence-corrected chi connectivity index (χ3v) is 5.17. The van der Waals surface area contributed by atoms with E-state index < -0.39 is 0 Å². The zero-order valence-electron chi connectivity index (χ0n) is 12.5. The number of likely N-dealkylation sites (tertiary alicyclic amines) is 1. The van der Waals surface area contributed by atoms with Gasteiger partial charge in [0.2, 0.25) is 0 Å². The van der Waals surface area contributed by atoms with Crippen LogP contribution in [0, 0.1) is 5.92 Å². The van der Waals surface area contributed by atoms with Crippen LogP contribution in [0.3, 0.4) is 0 Å². The van der Waals surface area contributed by atoms with Gasteiger partial charge in [-0.25, -0.2) is 0 Å². The molecule has 2 nitrogen and oxygen atoms in total. The van der Waals surface area contributed by atoms with Crippen LogP contribution in [0.25, 0.3) is 0 Å². The first-order valence-electron chi connectivity index (χ1n) is 8.36. The van der Waals surface area contributed by atoms with Gasteiger partial charge in [0.05, 0.1) is 0 Å². The first-order chi connectivity index (χ1) is 9.83. The Hall–Kier alpha value is -0.860. The summed E-state index contributed by atoms with van der Waals surface area (Å²) < 4.78 is 0. The molecule has 1 heterocycles. The fraction of sp³-hybridized carbons (Fsp3) is 0.667. The molecule has 0 bridgehead atoms. The molecule has 2 fully saturated rings. The summed E-state index contributed by atoms with van der Waals surface area (Å²) in [5, 5.41) is 0. The lowest BCUT2D eigenvalue weighted by molar-refractivity contribution is 0.180. The first-order valence-corrected chi connectivity index (χ1v) is 8.36. The maximum atomic E-state index is 6.40. The van der Waals surface area contributed by atoms with Crippen molar-refractivity contribution in [3.8, 4) is 0 Å². The second-order valence-electron chi connectivity index (χ2n) is 6.70. The molecule has 0 radical (unpaired) electrons. The molecule has 2 N–H and O–H groups in total. The Morgan fingerprint density at radius 2 is 1.80 bits per heavy atom. The molecule has 2 atom stereocenters. The van der Waals surface area contributed by atoms with E-state index in [1.165, 1.54) is 50.6 Å². The Bertz CT molecular complexity index is 397. The van der Waals surface area contributed by atoms with Crippen molar-refractivity contribution in [2.75, 3.05) is 13.1 Å². The summed E-state index contributed by atoms with van der Waals surface area (Å²) in [4.78, 5) is 2.70. The molecule has 1 aliphatic carbocycles. The lowest BCUT2D eigenvalue weighted by Gasteiger charge is -2.31. The number of nitrogens with zero attached hydrogens (tertiary/aromatic N) is 1. The zero-order valence-corrected chi connectivity index (χ0v) is 12.5. The highest BCUT2D eigenvalue weighted by Gasteiger charge is 2.33. The van der Waals surface area contributed by atoms with E-state index in [1.807, 2.05) is 0 Å². The SMILES string of the molecule is NC(Cc1ccccc1)CN1CCCC1C1CCCC1. The van der Waals surface area contributed by atoms with Crippen LogP contribution < -0.4 is 5.73 Å². The molecule has 2 heteroatoms. The van der Waals surface area contributed by atoms with Gasteiger partial charge in [-0.1, -0.05) is 43.2 Å². The van der Waals surface area contributed by atoms with Gasteiger partial charge >= 0.3 is 0 Å². The minimum Gasteiger partial charge on any atom is -0.326 e. The summed E-state index contributed by atoms with van der Waals surface area (Å²) in [5.41, 5.74) is 7.78. The highest BCUT2D eigenvalue weighted by atomic mass is 15.2. The molecule has 2 aliphatic rings. The zero-order chi connectivity index (χ0) is 13.8. The molecule has 1 aromatic carbocycles. The smallest absolute Gasteiger partial charge is 0.0208 e. The van der Waals surface area contributed by atoms with Crippen LogP contribution in [0.4, 0.5) is 0 Å². The number of hydrogen-bond acceptors (Lipinski definition) is 2. The maximum absolute atomic E-state index is 6.40. The van der Waals surface area contributed by atoms with Crippen molar-refractivity contribution < 1.29 is 0 Å². The molecule has 1 saturated heterocycles. The Labute approximate surface area is 123 Å². The quantitative estimate of drug-likeness (QED) is 0.892. The van der Waals surface area contributed by atoms with Gasteiger partial charge in [-0.3, -0.25) is 4.90 Å². The van der Waals surface area contributed by atoms with Crippen molar-refractivity contribution >= 4 is 0 Å². The van der Waals surface area contributed by atoms with E-state index in [0.29, 0.717) is 0 Å². The van der Waals surface area contributed by atoms with Crippen molar-refractivity contribution in [1.82, 2.24) is 4.90 Å². The molecule has 1 aromatic rings. The normalized spacial score (nSPS) is 26.1. The van der Waals surface area contributed by atoms with Crippen molar-refractivity contribution in [3.63, 3.8) is 0 Å². The molecule has 2 unspecified atom stereocenters. The van der Waals surface area contributed by atoms with Crippen molar-refractivity contribution in [2.45, 2.75) is 57.0 Å². The molecule has 1 aliphatic heterocycles. The predicted octanol–water partition coefficient (Wildman–Crippen LogP) is 3.21. The van der Waals surface area contributed by atoms with Crippen molar-refractivity contribution in [3.05, 3.63) is 35.9 Å². The minimum atomic E-state index is 0.277. The van der Waals surface area contributed by atoms with Crippen LogP contribution in [0.15, 0.2) is 30.3 Å². The van der Waals surface area contributed by atoms with E-state index in [-0.39, 0.29) is 6.04 Å². The second-order valence-corrected chi connectivity index (χ2v) is 6.70. The average Bonchev–Trinajstić information content (AvgIpc) is 3.10. The Morgan fingerprint density at radius 3 is 2.55 bits per heavy atom. The molecular weight excluding hydrogens is 244 g/mol. The van der Waals surface area contributed by atoms with E-state index in [9.17, 15) is 0 Å². The van der Waals surface area contributed by atoms with E-state index in [1.54, 1.807) is 0 Å². The van der Waals surface area contributed by atoms with Gasteiger partial charge in [-0.2, -0.15) is 0 Å². The first kappa shape index (κ1) is 14.1. The van der Waals surface area contributed by atoms with Crippen LogP contribution in [0.1, 0.15) is 44.1 Å². The summed E-state index contributed by atoms with van der Waals surface area (Å²) in [6.45, 7) is 2.35. The fourth-order valence-electron chi connectivity index (χ4n) is 4.24. The van der Waals surface area contributed by atoms with Crippen LogP contribution in [-0.4, -0.2) is 30.1 Å². The van der Waals surface area contributed by atoms with E-state index in [2.05, 4.69) is 35.2 Å². The van der Waals surface area contributed by atoms with Crippen LogP contribution in [0.5, 0.6) is 0 Å². The Balaban J connectivity index is 1.53. The summed E-state index contributed by atoms with van der Waals surface area (Å²) in [6.07, 6.45) is 9.59. The number of benzene rings is 1. The van der Waals surface area contributed by atoms with Crippen LogP contribution >= 0.6 is 0 Å². The third kappa shape index (κ3) is 3.42. The number of rotatable bonds is 5. The maximum Gasteiger partial charge on any atom is 0.0208 e. The number of hydrogen-bond donors (Lipinski definition) is 1. The largest absolute Gasteiger partial charge is 0.326 e. The molecule has 3 rings (SSSR count). The van der Waals surface area contributed by atoms with Crippen LogP contribution in [0.2, 0.25) is 0 Å². The summed E-state index contributed by atoms with van der Waals surface area (Å²) in [6, 6.07) is 11.8. The van der Waals surface area contributed by atoms with Gasteiger partial charge < -0.3 is 5.73 Å². The average molecular weight is 272 g/mol.